The van der Waals surface area contributed by atoms with Gasteiger partial charge in [0.25, 0.3) is 5.91 Å². The van der Waals surface area contributed by atoms with Crippen LogP contribution in [0.5, 0.6) is 0 Å². The molecule has 0 spiro atoms. The molecule has 0 saturated heterocycles. The summed E-state index contributed by atoms with van der Waals surface area (Å²) in [5, 5.41) is 2.50. The average Bonchev–Trinajstić information content (AvgIpc) is 3.51. The predicted octanol–water partition coefficient (Wildman–Crippen LogP) is 6.71. The molecule has 2 amide bonds. The Hall–Kier alpha value is -4.54. The molecule has 0 aliphatic carbocycles. The molecule has 0 unspecified atom stereocenters. The quantitative estimate of drug-likeness (QED) is 0.122. The van der Waals surface area contributed by atoms with Gasteiger partial charge < -0.3 is 19.2 Å². The van der Waals surface area contributed by atoms with Crippen LogP contribution in [0.2, 0.25) is 5.02 Å². The molecule has 0 saturated carbocycles. The Balaban J connectivity index is 1.70. The van der Waals surface area contributed by atoms with E-state index in [-0.39, 0.29) is 22.7 Å². The highest BCUT2D eigenvalue weighted by molar-refractivity contribution is 6.38. The van der Waals surface area contributed by atoms with Gasteiger partial charge in [0.05, 0.1) is 27.3 Å². The summed E-state index contributed by atoms with van der Waals surface area (Å²) >= 11 is 12.5. The number of anilines is 1. The Morgan fingerprint density at radius 2 is 1.77 bits per heavy atom. The number of allylic oxidation sites excluding steroid dienone is 1. The van der Waals surface area contributed by atoms with Crippen LogP contribution in [0.1, 0.15) is 37.8 Å². The molecular weight excluding hydrogens is 611 g/mol. The molecule has 12 heteroatoms. The molecule has 0 bridgehead atoms. The van der Waals surface area contributed by atoms with Gasteiger partial charge in [-0.3, -0.25) is 14.4 Å². The van der Waals surface area contributed by atoms with Crippen molar-refractivity contribution < 1.29 is 23.2 Å². The first-order valence-corrected chi connectivity index (χ1v) is 14.3. The minimum atomic E-state index is -1.14. The highest BCUT2D eigenvalue weighted by atomic mass is 35.5. The minimum absolute atomic E-state index is 0.00350. The van der Waals surface area contributed by atoms with Crippen molar-refractivity contribution in [1.29, 1.82) is 0 Å². The lowest BCUT2D eigenvalue weighted by Crippen LogP contribution is -2.21. The van der Waals surface area contributed by atoms with Crippen LogP contribution in [0, 0.1) is 25.5 Å². The van der Waals surface area contributed by atoms with Gasteiger partial charge >= 0.3 is 0 Å². The number of fused-ring (bicyclic) bond motifs is 2. The van der Waals surface area contributed by atoms with Crippen LogP contribution in [0.25, 0.3) is 27.7 Å². The van der Waals surface area contributed by atoms with Crippen molar-refractivity contribution in [2.75, 3.05) is 25.3 Å². The van der Waals surface area contributed by atoms with Gasteiger partial charge in [-0.2, -0.15) is 0 Å². The van der Waals surface area contributed by atoms with Gasteiger partial charge in [-0.15, -0.1) is 11.6 Å². The molecule has 2 aromatic carbocycles. The number of ketones is 1. The number of imidazole rings is 1. The van der Waals surface area contributed by atoms with Gasteiger partial charge in [0.1, 0.15) is 28.7 Å². The molecule has 3 aromatic heterocycles. The number of pyridine rings is 1. The van der Waals surface area contributed by atoms with Crippen molar-refractivity contribution in [2.45, 2.75) is 13.8 Å². The molecule has 8 nitrogen and oxygen atoms in total. The van der Waals surface area contributed by atoms with Crippen LogP contribution in [0.4, 0.5) is 14.5 Å². The zero-order valence-electron chi connectivity index (χ0n) is 24.4. The van der Waals surface area contributed by atoms with Crippen molar-refractivity contribution in [3.05, 3.63) is 99.6 Å². The lowest BCUT2D eigenvalue weighted by molar-refractivity contribution is -0.112. The van der Waals surface area contributed by atoms with E-state index in [0.717, 1.165) is 35.1 Å². The smallest absolute Gasteiger partial charge is 0.255 e. The fourth-order valence-corrected chi connectivity index (χ4v) is 5.66. The maximum Gasteiger partial charge on any atom is 0.255 e. The summed E-state index contributed by atoms with van der Waals surface area (Å²) in [7, 11) is 5.05. The Morgan fingerprint density at radius 1 is 1.09 bits per heavy atom. The molecule has 0 atom stereocenters. The van der Waals surface area contributed by atoms with Gasteiger partial charge in [-0.1, -0.05) is 23.7 Å². The van der Waals surface area contributed by atoms with E-state index in [1.807, 2.05) is 31.5 Å². The average molecular weight is 639 g/mol. The van der Waals surface area contributed by atoms with E-state index in [1.54, 1.807) is 32.4 Å². The molecular formula is C32H27Cl2F2N5O3. The molecule has 0 fully saturated rings. The van der Waals surface area contributed by atoms with Crippen molar-refractivity contribution in [3.63, 3.8) is 0 Å². The molecule has 0 radical (unpaired) electrons. The second-order valence-electron chi connectivity index (χ2n) is 10.4. The summed E-state index contributed by atoms with van der Waals surface area (Å²) in [4.78, 5) is 45.2. The first-order chi connectivity index (χ1) is 20.8. The minimum Gasteiger partial charge on any atom is -0.345 e. The van der Waals surface area contributed by atoms with E-state index in [2.05, 4.69) is 10.3 Å². The van der Waals surface area contributed by atoms with Gasteiger partial charge in [0, 0.05) is 56.0 Å². The Bertz CT molecular complexity index is 2020. The van der Waals surface area contributed by atoms with Crippen LogP contribution in [-0.2, 0) is 11.8 Å². The number of nitrogens with zero attached hydrogens (tertiary/aromatic N) is 4. The monoisotopic (exact) mass is 637 g/mol. The van der Waals surface area contributed by atoms with Crippen LogP contribution < -0.4 is 5.32 Å². The predicted molar refractivity (Wildman–Crippen MR) is 168 cm³/mol. The van der Waals surface area contributed by atoms with Gasteiger partial charge in [-0.25, -0.2) is 13.8 Å². The number of alkyl halides is 1. The maximum absolute atomic E-state index is 15.0. The molecule has 226 valence electrons. The Labute approximate surface area is 261 Å². The topological polar surface area (TPSA) is 88.7 Å². The summed E-state index contributed by atoms with van der Waals surface area (Å²) in [5.74, 6) is -3.40. The number of hydrogen-bond donors (Lipinski definition) is 1. The largest absolute Gasteiger partial charge is 0.345 e. The summed E-state index contributed by atoms with van der Waals surface area (Å²) in [6.07, 6.45) is 3.95. The Morgan fingerprint density at radius 3 is 2.41 bits per heavy atom. The molecule has 44 heavy (non-hydrogen) atoms. The lowest BCUT2D eigenvalue weighted by atomic mass is 9.97. The van der Waals surface area contributed by atoms with Crippen molar-refractivity contribution in [3.8, 4) is 11.1 Å². The number of hydrogen-bond acceptors (Lipinski definition) is 4. The number of amides is 2. The summed E-state index contributed by atoms with van der Waals surface area (Å²) in [5.41, 5.74) is 3.02. The number of carbonyl (C=O) groups is 3. The van der Waals surface area contributed by atoms with E-state index in [4.69, 9.17) is 23.2 Å². The summed E-state index contributed by atoms with van der Waals surface area (Å²) in [6, 6.07) is 8.52. The van der Waals surface area contributed by atoms with E-state index in [1.165, 1.54) is 21.4 Å². The summed E-state index contributed by atoms with van der Waals surface area (Å²) < 4.78 is 33.5. The molecule has 0 aliphatic heterocycles. The van der Waals surface area contributed by atoms with Crippen LogP contribution in [-0.4, -0.2) is 56.4 Å². The first-order valence-electron chi connectivity index (χ1n) is 13.4. The van der Waals surface area contributed by atoms with E-state index >= 15 is 8.78 Å². The van der Waals surface area contributed by atoms with Gasteiger partial charge in [0.15, 0.2) is 0 Å². The second kappa shape index (κ2) is 11.9. The molecule has 5 aromatic rings. The van der Waals surface area contributed by atoms with Crippen molar-refractivity contribution in [2.24, 2.45) is 7.05 Å². The lowest BCUT2D eigenvalue weighted by Gasteiger charge is -2.15. The highest BCUT2D eigenvalue weighted by Gasteiger charge is 2.27. The third kappa shape index (κ3) is 5.24. The van der Waals surface area contributed by atoms with Gasteiger partial charge in [0.2, 0.25) is 11.7 Å². The fourth-order valence-electron chi connectivity index (χ4n) is 5.18. The number of nitrogens with one attached hydrogen (secondary N) is 1. The third-order valence-corrected chi connectivity index (χ3v) is 7.92. The SMILES string of the molecule is Cc1cc2c(nc(C)n2C)c(Cl)c1-c1cccn2c(C(=O)c3cc(F)c(NC(=O)/C=C/CCl)c(F)c3)cc(C(=O)N(C)C)c12. The number of aryl methyl sites for hydroxylation is 3. The normalized spacial score (nSPS) is 11.6. The van der Waals surface area contributed by atoms with E-state index in [0.29, 0.717) is 27.2 Å². The van der Waals surface area contributed by atoms with Crippen LogP contribution >= 0.6 is 23.2 Å². The van der Waals surface area contributed by atoms with Crippen molar-refractivity contribution in [1.82, 2.24) is 18.9 Å². The zero-order chi connectivity index (χ0) is 32.0. The Kier molecular flexibility index (Phi) is 8.33. The molecule has 1 N–H and O–H groups in total. The van der Waals surface area contributed by atoms with E-state index in [9.17, 15) is 14.4 Å². The zero-order valence-corrected chi connectivity index (χ0v) is 25.9. The maximum atomic E-state index is 15.0. The van der Waals surface area contributed by atoms with Crippen LogP contribution in [0.15, 0.2) is 54.7 Å². The number of rotatable bonds is 7. The number of benzene rings is 2. The second-order valence-corrected chi connectivity index (χ2v) is 11.1. The summed E-state index contributed by atoms with van der Waals surface area (Å²) in [6.45, 7) is 3.77. The number of carbonyl (C=O) groups excluding carboxylic acids is 3. The number of aromatic nitrogens is 3. The van der Waals surface area contributed by atoms with Gasteiger partial charge in [-0.05, 0) is 49.7 Å². The fraction of sp³-hybridized carbons (Fsp3) is 0.188. The molecule has 5 rings (SSSR count). The van der Waals surface area contributed by atoms with Crippen molar-refractivity contribution >= 4 is 63.0 Å². The standard InChI is InChI=1S/C32H27Cl2F2N5O3/c1-16-12-23-29(37-17(2)40(23)5)27(34)26(16)19-8-7-11-41-24(15-20(30(19)41)32(44)39(3)4)31(43)18-13-21(35)28(22(36)14-18)38-25(42)9-6-10-33/h6-9,11-15H,10H2,1-5H3,(H,38,42)/b9-6+. The highest BCUT2D eigenvalue weighted by Crippen LogP contribution is 2.40. The number of halogens is 4. The third-order valence-electron chi connectivity index (χ3n) is 7.38. The van der Waals surface area contributed by atoms with Crippen LogP contribution in [0.3, 0.4) is 0 Å². The van der Waals surface area contributed by atoms with E-state index < -0.39 is 34.9 Å². The molecule has 0 aliphatic rings. The molecule has 3 heterocycles. The first kappa shape index (κ1) is 30.9.